The zero-order valence-electron chi connectivity index (χ0n) is 11.3. The average Bonchev–Trinajstić information content (AvgIpc) is 2.63. The minimum Gasteiger partial charge on any atom is -0.380 e. The minimum absolute atomic E-state index is 0.0615. The Hall–Kier alpha value is -0.870. The van der Waals surface area contributed by atoms with Gasteiger partial charge in [-0.1, -0.05) is 6.92 Å². The first kappa shape index (κ1) is 12.6. The second kappa shape index (κ2) is 4.42. The van der Waals surface area contributed by atoms with E-state index in [1.807, 2.05) is 10.9 Å². The minimum atomic E-state index is 0.0615. The number of rotatable bonds is 4. The lowest BCUT2D eigenvalue weighted by atomic mass is 9.89. The maximum absolute atomic E-state index is 5.23. The van der Waals surface area contributed by atoms with Crippen molar-refractivity contribution in [2.45, 2.75) is 39.8 Å². The molecule has 1 saturated heterocycles. The molecule has 1 aromatic rings. The molecule has 1 fully saturated rings. The van der Waals surface area contributed by atoms with Crippen LogP contribution in [0.15, 0.2) is 12.4 Å². The van der Waals surface area contributed by atoms with Crippen molar-refractivity contribution >= 4 is 0 Å². The number of hydrogen-bond acceptors (Lipinski definition) is 3. The number of aromatic nitrogens is 2. The Balaban J connectivity index is 1.81. The van der Waals surface area contributed by atoms with Crippen LogP contribution in [0, 0.1) is 5.41 Å². The Bertz CT molecular complexity index is 374. The summed E-state index contributed by atoms with van der Waals surface area (Å²) in [4.78, 5) is 0. The fourth-order valence-corrected chi connectivity index (χ4v) is 1.88. The molecule has 4 heteroatoms. The predicted molar refractivity (Wildman–Crippen MR) is 67.9 cm³/mol. The average molecular weight is 237 g/mol. The molecule has 0 radical (unpaired) electrons. The molecule has 0 aromatic carbocycles. The van der Waals surface area contributed by atoms with Crippen molar-refractivity contribution in [3.05, 3.63) is 18.0 Å². The molecule has 0 unspecified atom stereocenters. The second-order valence-corrected chi connectivity index (χ2v) is 6.37. The van der Waals surface area contributed by atoms with Gasteiger partial charge in [-0.3, -0.25) is 4.68 Å². The van der Waals surface area contributed by atoms with E-state index in [0.29, 0.717) is 5.41 Å². The highest BCUT2D eigenvalue weighted by Gasteiger charge is 2.32. The molecule has 0 saturated carbocycles. The van der Waals surface area contributed by atoms with Gasteiger partial charge in [-0.15, -0.1) is 0 Å². The third kappa shape index (κ3) is 3.07. The first-order chi connectivity index (χ1) is 7.89. The quantitative estimate of drug-likeness (QED) is 0.867. The molecule has 2 heterocycles. The summed E-state index contributed by atoms with van der Waals surface area (Å²) < 4.78 is 7.25. The van der Waals surface area contributed by atoms with E-state index in [2.05, 4.69) is 44.3 Å². The lowest BCUT2D eigenvalue weighted by molar-refractivity contribution is -0.0991. The van der Waals surface area contributed by atoms with Crippen LogP contribution in [0.1, 0.15) is 33.3 Å². The molecule has 0 atom stereocenters. The third-order valence-electron chi connectivity index (χ3n) is 3.11. The highest BCUT2D eigenvalue weighted by Crippen LogP contribution is 2.25. The molecular formula is C13H23N3O. The van der Waals surface area contributed by atoms with E-state index in [0.717, 1.165) is 26.3 Å². The molecule has 0 spiro atoms. The molecule has 1 aliphatic heterocycles. The summed E-state index contributed by atoms with van der Waals surface area (Å²) in [6, 6.07) is 0. The zero-order chi connectivity index (χ0) is 12.5. The molecule has 17 heavy (non-hydrogen) atoms. The van der Waals surface area contributed by atoms with Gasteiger partial charge >= 0.3 is 0 Å². The van der Waals surface area contributed by atoms with Crippen LogP contribution in [0.25, 0.3) is 0 Å². The monoisotopic (exact) mass is 237 g/mol. The van der Waals surface area contributed by atoms with Crippen molar-refractivity contribution in [1.82, 2.24) is 15.1 Å². The molecule has 0 amide bonds. The van der Waals surface area contributed by atoms with Gasteiger partial charge in [-0.25, -0.2) is 0 Å². The number of ether oxygens (including phenoxy) is 1. The zero-order valence-corrected chi connectivity index (χ0v) is 11.3. The van der Waals surface area contributed by atoms with Crippen LogP contribution >= 0.6 is 0 Å². The van der Waals surface area contributed by atoms with Crippen LogP contribution in [-0.4, -0.2) is 29.5 Å². The molecule has 0 bridgehead atoms. The standard InChI is InChI=1S/C13H23N3O/c1-12(2,3)16-7-11(6-15-16)5-14-8-13(4)9-17-10-13/h6-7,14H,5,8-10H2,1-4H3. The molecule has 1 aliphatic rings. The first-order valence-corrected chi connectivity index (χ1v) is 6.22. The van der Waals surface area contributed by atoms with E-state index >= 15 is 0 Å². The van der Waals surface area contributed by atoms with E-state index in [4.69, 9.17) is 4.74 Å². The smallest absolute Gasteiger partial charge is 0.0554 e. The maximum atomic E-state index is 5.23. The Kier molecular flexibility index (Phi) is 3.27. The number of nitrogens with one attached hydrogen (secondary N) is 1. The van der Waals surface area contributed by atoms with Gasteiger partial charge in [0.1, 0.15) is 0 Å². The fourth-order valence-electron chi connectivity index (χ4n) is 1.88. The van der Waals surface area contributed by atoms with Crippen molar-refractivity contribution in [3.8, 4) is 0 Å². The van der Waals surface area contributed by atoms with Crippen molar-refractivity contribution in [2.75, 3.05) is 19.8 Å². The summed E-state index contributed by atoms with van der Waals surface area (Å²) in [6.45, 7) is 12.4. The fraction of sp³-hybridized carbons (Fsp3) is 0.769. The van der Waals surface area contributed by atoms with E-state index in [1.54, 1.807) is 0 Å². The van der Waals surface area contributed by atoms with Crippen LogP contribution in [0.5, 0.6) is 0 Å². The molecule has 2 rings (SSSR count). The normalized spacial score (nSPS) is 19.1. The van der Waals surface area contributed by atoms with Gasteiger partial charge in [0.25, 0.3) is 0 Å². The van der Waals surface area contributed by atoms with Crippen LogP contribution in [0.2, 0.25) is 0 Å². The van der Waals surface area contributed by atoms with Crippen molar-refractivity contribution in [3.63, 3.8) is 0 Å². The Labute approximate surface area is 103 Å². The molecular weight excluding hydrogens is 214 g/mol. The summed E-state index contributed by atoms with van der Waals surface area (Å²) in [5.41, 5.74) is 1.63. The van der Waals surface area contributed by atoms with Crippen LogP contribution < -0.4 is 5.32 Å². The summed E-state index contributed by atoms with van der Waals surface area (Å²) in [6.07, 6.45) is 4.06. The summed E-state index contributed by atoms with van der Waals surface area (Å²) >= 11 is 0. The lowest BCUT2D eigenvalue weighted by Crippen LogP contribution is -2.47. The molecule has 4 nitrogen and oxygen atoms in total. The van der Waals surface area contributed by atoms with Gasteiger partial charge in [-0.05, 0) is 20.8 Å². The molecule has 96 valence electrons. The molecule has 1 N–H and O–H groups in total. The van der Waals surface area contributed by atoms with Gasteiger partial charge in [0.15, 0.2) is 0 Å². The van der Waals surface area contributed by atoms with Gasteiger partial charge in [0.2, 0.25) is 0 Å². The van der Waals surface area contributed by atoms with E-state index in [9.17, 15) is 0 Å². The van der Waals surface area contributed by atoms with Crippen LogP contribution in [-0.2, 0) is 16.8 Å². The highest BCUT2D eigenvalue weighted by molar-refractivity contribution is 5.05. The van der Waals surface area contributed by atoms with Gasteiger partial charge in [0, 0.05) is 30.3 Å². The first-order valence-electron chi connectivity index (χ1n) is 6.22. The van der Waals surface area contributed by atoms with Gasteiger partial charge in [0.05, 0.1) is 24.9 Å². The topological polar surface area (TPSA) is 39.1 Å². The van der Waals surface area contributed by atoms with Crippen molar-refractivity contribution < 1.29 is 4.74 Å². The van der Waals surface area contributed by atoms with E-state index in [-0.39, 0.29) is 5.54 Å². The molecule has 1 aromatic heterocycles. The maximum Gasteiger partial charge on any atom is 0.0554 e. The summed E-state index contributed by atoms with van der Waals surface area (Å²) in [5, 5.41) is 7.86. The van der Waals surface area contributed by atoms with E-state index in [1.165, 1.54) is 5.56 Å². The molecule has 0 aliphatic carbocycles. The third-order valence-corrected chi connectivity index (χ3v) is 3.11. The van der Waals surface area contributed by atoms with Gasteiger partial charge in [-0.2, -0.15) is 5.10 Å². The number of nitrogens with zero attached hydrogens (tertiary/aromatic N) is 2. The number of hydrogen-bond donors (Lipinski definition) is 1. The Morgan fingerprint density at radius 2 is 2.18 bits per heavy atom. The lowest BCUT2D eigenvalue weighted by Gasteiger charge is -2.38. The summed E-state index contributed by atoms with van der Waals surface area (Å²) in [5.74, 6) is 0. The van der Waals surface area contributed by atoms with E-state index < -0.39 is 0 Å². The van der Waals surface area contributed by atoms with Crippen molar-refractivity contribution in [1.29, 1.82) is 0 Å². The van der Waals surface area contributed by atoms with Gasteiger partial charge < -0.3 is 10.1 Å². The van der Waals surface area contributed by atoms with Crippen LogP contribution in [0.4, 0.5) is 0 Å². The summed E-state index contributed by atoms with van der Waals surface area (Å²) in [7, 11) is 0. The second-order valence-electron chi connectivity index (χ2n) is 6.37. The Morgan fingerprint density at radius 1 is 1.47 bits per heavy atom. The van der Waals surface area contributed by atoms with Crippen LogP contribution in [0.3, 0.4) is 0 Å². The predicted octanol–water partition coefficient (Wildman–Crippen LogP) is 1.76. The SMILES string of the molecule is CC1(CNCc2cnn(C(C)(C)C)c2)COC1. The van der Waals surface area contributed by atoms with Crippen molar-refractivity contribution in [2.24, 2.45) is 5.41 Å². The largest absolute Gasteiger partial charge is 0.380 e. The Morgan fingerprint density at radius 3 is 2.65 bits per heavy atom. The highest BCUT2D eigenvalue weighted by atomic mass is 16.5.